The van der Waals surface area contributed by atoms with E-state index in [0.29, 0.717) is 115 Å². The van der Waals surface area contributed by atoms with E-state index in [1.807, 2.05) is 14.7 Å². The average Bonchev–Trinajstić information content (AvgIpc) is 1.10. The van der Waals surface area contributed by atoms with Gasteiger partial charge in [0.2, 0.25) is 30.1 Å². The van der Waals surface area contributed by atoms with Crippen molar-refractivity contribution in [3.63, 3.8) is 0 Å². The van der Waals surface area contributed by atoms with Crippen LogP contribution in [0.25, 0.3) is 85.2 Å². The van der Waals surface area contributed by atoms with Crippen molar-refractivity contribution in [2.24, 2.45) is 23.7 Å². The molecule has 20 heterocycles. The zero-order valence-corrected chi connectivity index (χ0v) is 82.8. The molecule has 800 valence electrons. The van der Waals surface area contributed by atoms with Gasteiger partial charge in [0, 0.05) is 150 Å². The first-order chi connectivity index (χ1) is 70.6. The molecule has 0 aliphatic carbocycles. The molecule has 15 aromatic heterocycles. The molecule has 0 spiro atoms. The summed E-state index contributed by atoms with van der Waals surface area (Å²) in [5.74, 6) is -7.43. The molecule has 0 radical (unpaired) electrons. The fourth-order valence-corrected chi connectivity index (χ4v) is 20.0. The molecule has 20 rings (SSSR count). The Kier molecular flexibility index (Phi) is 31.6. The van der Waals surface area contributed by atoms with Crippen molar-refractivity contribution in [3.05, 3.63) is 182 Å². The number of nitrogens with one attached hydrogen (secondary N) is 3. The highest BCUT2D eigenvalue weighted by Crippen LogP contribution is 2.43. The van der Waals surface area contributed by atoms with Crippen molar-refractivity contribution in [1.82, 2.24) is 137 Å². The summed E-state index contributed by atoms with van der Waals surface area (Å²) < 4.78 is 349. The average molecular weight is 2210 g/mol. The van der Waals surface area contributed by atoms with Gasteiger partial charge in [0.25, 0.3) is 24.7 Å². The van der Waals surface area contributed by atoms with E-state index in [4.69, 9.17) is 4.74 Å². The lowest BCUT2D eigenvalue weighted by molar-refractivity contribution is -0.142. The van der Waals surface area contributed by atoms with Gasteiger partial charge in [-0.25, -0.2) is 180 Å². The van der Waals surface area contributed by atoms with Crippen LogP contribution < -0.4 is 38.7 Å². The SMILES string of the molecule is CC1CN(c2cc(-c3cnc4ccc(C(F)(F)F)nn34)ncn2)CC(CNS(C)(=O)=O)C1(F)F.CC1CN(c2cc(-c3cnc4ccc(C(F)(F)F)nn34)ncn2)CC(CNS(C)(=O)=O)C1(F)F.CS(=O)(=O)NC[C@@H]1CN(c2cc(-c3cnc4ccc(C(F)(F)F)nn34)ncn2)CCO1.O=S1(=O)CCN(c2cc(-c3cnc4ccc(C(F)F)nn34)ncn2)CC1.O=S1CCN(c2cc(-c3cnc4ccc(C(F)F)nn34)ncn2)CC1. The van der Waals surface area contributed by atoms with Crippen LogP contribution >= 0.6 is 0 Å². The molecule has 0 saturated carbocycles. The Balaban J connectivity index is 0.000000134. The number of sulfone groups is 1. The van der Waals surface area contributed by atoms with Crippen LogP contribution in [0.4, 0.5) is 104 Å². The van der Waals surface area contributed by atoms with Gasteiger partial charge in [0.05, 0.1) is 114 Å². The summed E-state index contributed by atoms with van der Waals surface area (Å²) in [5, 5.41) is 18.7. The molecule has 5 saturated heterocycles. The Bertz CT molecular complexity index is 7730. The van der Waals surface area contributed by atoms with Crippen LogP contribution in [0.5, 0.6) is 0 Å². The summed E-state index contributed by atoms with van der Waals surface area (Å²) in [5.41, 5.74) is 0.876. The van der Waals surface area contributed by atoms with Crippen molar-refractivity contribution in [2.45, 2.75) is 63.2 Å². The highest BCUT2D eigenvalue weighted by atomic mass is 32.2. The normalized spacial score (nSPS) is 19.0. The minimum absolute atomic E-state index is 0.0670. The number of rotatable bonds is 21. The Hall–Kier alpha value is -13.9. The van der Waals surface area contributed by atoms with Crippen LogP contribution in [0.15, 0.2) is 154 Å². The lowest BCUT2D eigenvalue weighted by atomic mass is 9.86. The molecule has 43 nitrogen and oxygen atoms in total. The van der Waals surface area contributed by atoms with Gasteiger partial charge in [-0.15, -0.1) is 0 Å². The fourth-order valence-electron chi connectivity index (χ4n) is 16.3. The third kappa shape index (κ3) is 26.0. The summed E-state index contributed by atoms with van der Waals surface area (Å²) in [6.45, 7) is 4.65. The number of aromatic nitrogens is 25. The number of anilines is 5. The molecular formula is C85H86F17N33O10S5. The molecule has 4 unspecified atom stereocenters. The van der Waals surface area contributed by atoms with E-state index in [0.717, 1.165) is 50.5 Å². The Morgan fingerprint density at radius 1 is 0.380 bits per heavy atom. The molecule has 5 atom stereocenters. The van der Waals surface area contributed by atoms with Crippen molar-refractivity contribution in [1.29, 1.82) is 0 Å². The molecule has 0 amide bonds. The van der Waals surface area contributed by atoms with Gasteiger partial charge < -0.3 is 29.2 Å². The van der Waals surface area contributed by atoms with E-state index in [1.54, 1.807) is 34.2 Å². The minimum atomic E-state index is -4.66. The van der Waals surface area contributed by atoms with E-state index in [-0.39, 0.29) is 119 Å². The summed E-state index contributed by atoms with van der Waals surface area (Å²) in [7, 11) is -14.5. The van der Waals surface area contributed by atoms with Gasteiger partial charge >= 0.3 is 18.5 Å². The van der Waals surface area contributed by atoms with Gasteiger partial charge in [0.15, 0.2) is 55.2 Å². The molecule has 65 heteroatoms. The van der Waals surface area contributed by atoms with Crippen LogP contribution in [0.3, 0.4) is 0 Å². The van der Waals surface area contributed by atoms with Crippen LogP contribution in [-0.2, 0) is 74.0 Å². The second-order valence-electron chi connectivity index (χ2n) is 34.8. The number of piperidine rings is 2. The second-order valence-corrected chi connectivity index (χ2v) is 44.3. The summed E-state index contributed by atoms with van der Waals surface area (Å²) in [6.07, 6.45) is -3.31. The largest absolute Gasteiger partial charge is 0.435 e. The summed E-state index contributed by atoms with van der Waals surface area (Å²) in [6, 6.07) is 19.5. The minimum Gasteiger partial charge on any atom is -0.373 e. The highest BCUT2D eigenvalue weighted by Gasteiger charge is 2.52. The fraction of sp³-hybridized carbons (Fsp3) is 0.412. The van der Waals surface area contributed by atoms with Crippen molar-refractivity contribution < 1.29 is 117 Å². The Morgan fingerprint density at radius 2 is 0.667 bits per heavy atom. The van der Waals surface area contributed by atoms with E-state index in [2.05, 4.69) is 114 Å². The number of hydrogen-bond donors (Lipinski definition) is 3. The van der Waals surface area contributed by atoms with Crippen LogP contribution in [0.2, 0.25) is 0 Å². The molecule has 150 heavy (non-hydrogen) atoms. The molecule has 5 fully saturated rings. The van der Waals surface area contributed by atoms with Crippen molar-refractivity contribution >= 4 is 108 Å². The van der Waals surface area contributed by atoms with Gasteiger partial charge in [-0.3, -0.25) is 4.21 Å². The van der Waals surface area contributed by atoms with E-state index >= 15 is 0 Å². The maximum atomic E-state index is 14.7. The van der Waals surface area contributed by atoms with E-state index in [9.17, 15) is 113 Å². The molecular weight excluding hydrogens is 2130 g/mol. The summed E-state index contributed by atoms with van der Waals surface area (Å²) in [4.78, 5) is 71.2. The number of morpholine rings is 1. The smallest absolute Gasteiger partial charge is 0.373 e. The number of hydrogen-bond acceptors (Lipinski definition) is 35. The van der Waals surface area contributed by atoms with E-state index < -0.39 is 148 Å². The molecule has 0 aromatic carbocycles. The number of nitrogens with zero attached hydrogens (tertiary/aromatic N) is 30. The number of sulfonamides is 3. The Labute approximate surface area is 841 Å². The lowest BCUT2D eigenvalue weighted by Crippen LogP contribution is -2.56. The highest BCUT2D eigenvalue weighted by molar-refractivity contribution is 7.91. The van der Waals surface area contributed by atoms with E-state index in [1.165, 1.54) is 134 Å². The van der Waals surface area contributed by atoms with Gasteiger partial charge in [-0.1, -0.05) is 13.8 Å². The second kappa shape index (κ2) is 43.6. The molecule has 0 bridgehead atoms. The van der Waals surface area contributed by atoms with Gasteiger partial charge in [-0.2, -0.15) is 65.0 Å². The van der Waals surface area contributed by atoms with Gasteiger partial charge in [-0.05, 0) is 60.7 Å². The van der Waals surface area contributed by atoms with Crippen LogP contribution in [0.1, 0.15) is 55.2 Å². The predicted molar refractivity (Wildman–Crippen MR) is 506 cm³/mol. The lowest BCUT2D eigenvalue weighted by Gasteiger charge is -2.43. The molecule has 3 N–H and O–H groups in total. The predicted octanol–water partition coefficient (Wildman–Crippen LogP) is 8.93. The topological polar surface area (TPSA) is 495 Å². The first kappa shape index (κ1) is 109. The van der Waals surface area contributed by atoms with Crippen LogP contribution in [-0.4, -0.2) is 312 Å². The standard InChI is InChI=1S/2C19H20F5N7O2S.C17H18F3N7O3S.C15H14F2N6O2S.C15H14F2N6OS/c2*1-11-8-30(9-12(18(11,20)21)6-28-34(2,32)33)17-5-13(26-10-27-17)14-7-25-16-4-3-15(19(22,23)24)29-31(14)16;1-31(28,29)24-7-11-9-26(4-5-30-11)16-6-12(22-10-23-16)13-8-21-15-3-2-14(17(18,19)20)25-27(13)15;16-15(17)10-1-2-13-18-8-12(23(13)21-10)11-7-14(20-9-19-11)22-3-5-26(24,25)6-4-22;16-15(17)10-1-2-13-18-8-12(23(13)21-10)11-7-14(20-9-19-11)22-3-5-25(24)6-4-22/h2*3-5,7,10-12,28H,6,8-9H2,1-2H3;2-3,6,8,10-11,24H,4-5,7,9H2,1H3;1-2,7-9,15H,3-6H2;1-2,7-9,15H,3-6H2/t;;11-;;/m..1../s1. The van der Waals surface area contributed by atoms with Crippen LogP contribution in [0, 0.1) is 23.7 Å². The quantitative estimate of drug-likeness (QED) is 0.0565. The number of fused-ring (bicyclic) bond motifs is 5. The molecule has 5 aliphatic rings. The zero-order valence-electron chi connectivity index (χ0n) is 78.7. The first-order valence-electron chi connectivity index (χ1n) is 44.8. The van der Waals surface area contributed by atoms with Crippen molar-refractivity contribution in [2.75, 3.05) is 158 Å². The maximum absolute atomic E-state index is 14.7. The Morgan fingerprint density at radius 3 is 0.973 bits per heavy atom. The monoisotopic (exact) mass is 2210 g/mol. The number of halogens is 17. The molecule has 5 aliphatic heterocycles. The number of imidazole rings is 5. The van der Waals surface area contributed by atoms with Gasteiger partial charge in [0.1, 0.15) is 101 Å². The maximum Gasteiger partial charge on any atom is 0.435 e. The number of alkyl halides is 17. The zero-order chi connectivity index (χ0) is 108. The third-order valence-electron chi connectivity index (χ3n) is 24.1. The van der Waals surface area contributed by atoms with Crippen molar-refractivity contribution in [3.8, 4) is 56.9 Å². The summed E-state index contributed by atoms with van der Waals surface area (Å²) >= 11 is 0. The number of ether oxygens (including phenoxy) is 1. The first-order valence-corrected chi connectivity index (χ1v) is 53.8. The molecule has 15 aromatic rings. The third-order valence-corrected chi connectivity index (χ3v) is 29.0.